The van der Waals surface area contributed by atoms with Crippen LogP contribution in [0.5, 0.6) is 0 Å². The quantitative estimate of drug-likeness (QED) is 0.920. The zero-order chi connectivity index (χ0) is 13.5. The fraction of sp³-hybridized carbons (Fsp3) is 0.600. The fourth-order valence-electron chi connectivity index (χ4n) is 3.79. The Kier molecular flexibility index (Phi) is 3.78. The largest absolute Gasteiger partial charge is 0.378 e. The first-order valence-electron chi connectivity index (χ1n) is 6.93. The number of hydrogen-bond acceptors (Lipinski definition) is 2. The first kappa shape index (κ1) is 13.7. The van der Waals surface area contributed by atoms with E-state index in [1.165, 1.54) is 5.56 Å². The zero-order valence-electron chi connectivity index (χ0n) is 11.1. The van der Waals surface area contributed by atoms with Crippen LogP contribution in [0.2, 0.25) is 10.0 Å². The van der Waals surface area contributed by atoms with Crippen LogP contribution in [-0.2, 0) is 10.2 Å². The van der Waals surface area contributed by atoms with Gasteiger partial charge in [0.15, 0.2) is 0 Å². The molecule has 19 heavy (non-hydrogen) atoms. The van der Waals surface area contributed by atoms with Crippen molar-refractivity contribution < 1.29 is 4.74 Å². The van der Waals surface area contributed by atoms with Crippen LogP contribution in [0.3, 0.4) is 0 Å². The number of halogens is 2. The summed E-state index contributed by atoms with van der Waals surface area (Å²) in [7, 11) is 0. The maximum Gasteiger partial charge on any atom is 0.0595 e. The van der Waals surface area contributed by atoms with Crippen molar-refractivity contribution in [3.05, 3.63) is 33.8 Å². The molecule has 2 aliphatic rings. The minimum Gasteiger partial charge on any atom is -0.378 e. The summed E-state index contributed by atoms with van der Waals surface area (Å²) in [5.74, 6) is 0.640. The highest BCUT2D eigenvalue weighted by molar-refractivity contribution is 6.42. The van der Waals surface area contributed by atoms with Crippen LogP contribution in [0, 0.1) is 5.92 Å². The van der Waals surface area contributed by atoms with Gasteiger partial charge in [0.1, 0.15) is 0 Å². The highest BCUT2D eigenvalue weighted by Gasteiger charge is 2.51. The molecule has 3 rings (SSSR count). The van der Waals surface area contributed by atoms with Crippen LogP contribution in [0.15, 0.2) is 18.2 Å². The van der Waals surface area contributed by atoms with Gasteiger partial charge in [-0.2, -0.15) is 0 Å². The first-order chi connectivity index (χ1) is 9.15. The van der Waals surface area contributed by atoms with Crippen molar-refractivity contribution in [1.29, 1.82) is 0 Å². The lowest BCUT2D eigenvalue weighted by Gasteiger charge is -2.29. The van der Waals surface area contributed by atoms with Crippen LogP contribution < -0.4 is 5.32 Å². The molecule has 1 N–H and O–H groups in total. The smallest absolute Gasteiger partial charge is 0.0595 e. The highest BCUT2D eigenvalue weighted by atomic mass is 35.5. The predicted octanol–water partition coefficient (Wildman–Crippen LogP) is 3.65. The molecule has 1 aromatic rings. The molecule has 1 heterocycles. The normalized spacial score (nSPS) is 33.6. The summed E-state index contributed by atoms with van der Waals surface area (Å²) in [5.41, 5.74) is 1.48. The van der Waals surface area contributed by atoms with Crippen molar-refractivity contribution in [2.24, 2.45) is 5.92 Å². The number of nitrogens with one attached hydrogen (secondary N) is 1. The molecule has 104 valence electrons. The summed E-state index contributed by atoms with van der Waals surface area (Å²) in [5, 5.41) is 4.81. The van der Waals surface area contributed by atoms with Crippen molar-refractivity contribution in [2.45, 2.75) is 31.3 Å². The minimum absolute atomic E-state index is 0.175. The number of fused-ring (bicyclic) bond motifs is 1. The molecule has 0 amide bonds. The Morgan fingerprint density at radius 3 is 2.95 bits per heavy atom. The van der Waals surface area contributed by atoms with E-state index in [1.54, 1.807) is 0 Å². The summed E-state index contributed by atoms with van der Waals surface area (Å²) in [4.78, 5) is 0. The summed E-state index contributed by atoms with van der Waals surface area (Å²) in [6.07, 6.45) is 2.60. The van der Waals surface area contributed by atoms with Crippen LogP contribution in [-0.4, -0.2) is 25.8 Å². The summed E-state index contributed by atoms with van der Waals surface area (Å²) >= 11 is 12.2. The van der Waals surface area contributed by atoms with E-state index in [0.717, 1.165) is 32.5 Å². The molecule has 1 aromatic carbocycles. The van der Waals surface area contributed by atoms with Gasteiger partial charge in [-0.25, -0.2) is 0 Å². The average Bonchev–Trinajstić information content (AvgIpc) is 2.90. The predicted molar refractivity (Wildman–Crippen MR) is 79.1 cm³/mol. The Bertz CT molecular complexity index is 479. The van der Waals surface area contributed by atoms with Gasteiger partial charge in [0, 0.05) is 18.6 Å². The van der Waals surface area contributed by atoms with E-state index < -0.39 is 0 Å². The van der Waals surface area contributed by atoms with Crippen LogP contribution in [0.4, 0.5) is 0 Å². The Morgan fingerprint density at radius 2 is 2.21 bits per heavy atom. The monoisotopic (exact) mass is 299 g/mol. The Hall–Kier alpha value is -0.280. The average molecular weight is 300 g/mol. The van der Waals surface area contributed by atoms with Gasteiger partial charge < -0.3 is 10.1 Å². The molecule has 0 aromatic heterocycles. The maximum absolute atomic E-state index is 6.19. The zero-order valence-corrected chi connectivity index (χ0v) is 12.6. The van der Waals surface area contributed by atoms with Gasteiger partial charge in [0.2, 0.25) is 0 Å². The van der Waals surface area contributed by atoms with Gasteiger partial charge in [-0.15, -0.1) is 0 Å². The van der Waals surface area contributed by atoms with Gasteiger partial charge >= 0.3 is 0 Å². The Morgan fingerprint density at radius 1 is 1.37 bits per heavy atom. The summed E-state index contributed by atoms with van der Waals surface area (Å²) in [6, 6.07) is 6.08. The fourth-order valence-corrected chi connectivity index (χ4v) is 4.09. The Labute approximate surface area is 124 Å². The second-order valence-corrected chi connectivity index (χ2v) is 6.44. The van der Waals surface area contributed by atoms with Crippen molar-refractivity contribution >= 4 is 23.2 Å². The van der Waals surface area contributed by atoms with E-state index in [2.05, 4.69) is 18.3 Å². The molecular weight excluding hydrogens is 281 g/mol. The number of rotatable bonds is 3. The van der Waals surface area contributed by atoms with Crippen molar-refractivity contribution in [3.8, 4) is 0 Å². The molecular formula is C15H19Cl2NO. The molecule has 2 fully saturated rings. The van der Waals surface area contributed by atoms with E-state index in [9.17, 15) is 0 Å². The van der Waals surface area contributed by atoms with E-state index in [4.69, 9.17) is 27.9 Å². The third kappa shape index (κ3) is 2.29. The van der Waals surface area contributed by atoms with Gasteiger partial charge in [0.25, 0.3) is 0 Å². The molecule has 3 atom stereocenters. The van der Waals surface area contributed by atoms with E-state index in [-0.39, 0.29) is 5.41 Å². The van der Waals surface area contributed by atoms with Gasteiger partial charge in [0.05, 0.1) is 16.1 Å². The molecule has 1 saturated carbocycles. The molecule has 0 spiro atoms. The lowest BCUT2D eigenvalue weighted by atomic mass is 9.74. The third-order valence-corrected chi connectivity index (χ3v) is 5.39. The maximum atomic E-state index is 6.19. The van der Waals surface area contributed by atoms with Crippen molar-refractivity contribution in [2.75, 3.05) is 19.7 Å². The van der Waals surface area contributed by atoms with Gasteiger partial charge in [-0.3, -0.25) is 0 Å². The molecule has 0 bridgehead atoms. The second kappa shape index (κ2) is 5.25. The molecule has 4 heteroatoms. The molecule has 0 radical (unpaired) electrons. The van der Waals surface area contributed by atoms with Crippen LogP contribution in [0.25, 0.3) is 0 Å². The van der Waals surface area contributed by atoms with Gasteiger partial charge in [-0.1, -0.05) is 29.3 Å². The number of hydrogen-bond donors (Lipinski definition) is 1. The van der Waals surface area contributed by atoms with Crippen LogP contribution in [0.1, 0.15) is 25.3 Å². The van der Waals surface area contributed by atoms with E-state index in [0.29, 0.717) is 22.1 Å². The molecule has 0 unspecified atom stereocenters. The van der Waals surface area contributed by atoms with E-state index in [1.807, 2.05) is 12.1 Å². The first-order valence-corrected chi connectivity index (χ1v) is 7.69. The topological polar surface area (TPSA) is 21.3 Å². The molecule has 1 aliphatic heterocycles. The van der Waals surface area contributed by atoms with E-state index >= 15 is 0 Å². The summed E-state index contributed by atoms with van der Waals surface area (Å²) < 4.78 is 5.85. The third-order valence-electron chi connectivity index (χ3n) is 4.65. The molecule has 2 nitrogen and oxygen atoms in total. The summed E-state index contributed by atoms with van der Waals surface area (Å²) in [6.45, 7) is 4.95. The van der Waals surface area contributed by atoms with Crippen molar-refractivity contribution in [1.82, 2.24) is 5.32 Å². The van der Waals surface area contributed by atoms with Crippen molar-refractivity contribution in [3.63, 3.8) is 0 Å². The molecule has 1 saturated heterocycles. The van der Waals surface area contributed by atoms with Crippen LogP contribution >= 0.6 is 23.2 Å². The highest BCUT2D eigenvalue weighted by Crippen LogP contribution is 2.49. The number of ether oxygens (including phenoxy) is 1. The lowest BCUT2D eigenvalue weighted by molar-refractivity contribution is 0.0613. The second-order valence-electron chi connectivity index (χ2n) is 5.63. The lowest BCUT2D eigenvalue weighted by Crippen LogP contribution is -2.31. The van der Waals surface area contributed by atoms with Gasteiger partial charge in [-0.05, 0) is 49.9 Å². The SMILES string of the molecule is CCO[C@H]1C[C@@H]2CNC[C@]2(c2ccc(Cl)c(Cl)c2)C1. The Balaban J connectivity index is 1.93. The molecule has 1 aliphatic carbocycles. The minimum atomic E-state index is 0.175. The standard InChI is InChI=1S/C15H19Cl2NO/c1-2-19-12-5-11-8-18-9-15(11,7-12)10-3-4-13(16)14(17)6-10/h3-4,6,11-12,18H,2,5,7-9H2,1H3/t11-,12+,15+/m1/s1. The number of benzene rings is 1.